The van der Waals surface area contributed by atoms with Gasteiger partial charge in [-0.1, -0.05) is 43.7 Å². The maximum absolute atomic E-state index is 12.1. The van der Waals surface area contributed by atoms with Crippen LogP contribution in [0.4, 0.5) is 5.69 Å². The van der Waals surface area contributed by atoms with E-state index >= 15 is 0 Å². The standard InChI is InChI=1S/C21H21N3O3.ClH/c1-2-3-9-17-20(26)16-11-6-5-10-15(16)19(21(17)27)23-22-18(25)14-24-12-7-4-8-13-24;/h4-8,10-13H,2-3,9,14H2,1H3,(H-,22,25,26,27);1H. The van der Waals surface area contributed by atoms with Crippen LogP contribution in [0.15, 0.2) is 65.1 Å². The minimum atomic E-state index is -0.433. The monoisotopic (exact) mass is 399 g/mol. The third-order valence-corrected chi connectivity index (χ3v) is 4.37. The van der Waals surface area contributed by atoms with E-state index < -0.39 is 5.91 Å². The Kier molecular flexibility index (Phi) is 7.46. The summed E-state index contributed by atoms with van der Waals surface area (Å²) in [5.74, 6) is -0.497. The summed E-state index contributed by atoms with van der Waals surface area (Å²) in [4.78, 5) is 12.1. The molecule has 0 saturated heterocycles. The normalized spacial score (nSPS) is 10.9. The highest BCUT2D eigenvalue weighted by Gasteiger charge is 2.19. The van der Waals surface area contributed by atoms with Crippen molar-refractivity contribution >= 4 is 22.4 Å². The van der Waals surface area contributed by atoms with Crippen molar-refractivity contribution in [3.8, 4) is 11.5 Å². The molecule has 0 unspecified atom stereocenters. The van der Waals surface area contributed by atoms with Gasteiger partial charge in [0, 0.05) is 28.5 Å². The minimum Gasteiger partial charge on any atom is -1.00 e. The van der Waals surface area contributed by atoms with E-state index in [9.17, 15) is 15.0 Å². The van der Waals surface area contributed by atoms with Gasteiger partial charge in [0.25, 0.3) is 0 Å². The lowest BCUT2D eigenvalue weighted by molar-refractivity contribution is -0.684. The molecular weight excluding hydrogens is 378 g/mol. The number of pyridine rings is 1. The zero-order valence-electron chi connectivity index (χ0n) is 15.5. The quantitative estimate of drug-likeness (QED) is 0.482. The smallest absolute Gasteiger partial charge is 0.329 e. The zero-order valence-corrected chi connectivity index (χ0v) is 16.3. The molecule has 146 valence electrons. The number of hydrogen-bond donors (Lipinski definition) is 2. The van der Waals surface area contributed by atoms with Crippen molar-refractivity contribution in [1.82, 2.24) is 0 Å². The van der Waals surface area contributed by atoms with Gasteiger partial charge in [-0.2, -0.15) is 4.57 Å². The van der Waals surface area contributed by atoms with Gasteiger partial charge in [-0.15, -0.1) is 10.2 Å². The number of azo groups is 1. The molecule has 1 heterocycles. The van der Waals surface area contributed by atoms with E-state index in [4.69, 9.17) is 0 Å². The molecule has 0 aliphatic rings. The van der Waals surface area contributed by atoms with Crippen molar-refractivity contribution in [2.45, 2.75) is 32.7 Å². The van der Waals surface area contributed by atoms with Gasteiger partial charge in [0.05, 0.1) is 0 Å². The fourth-order valence-corrected chi connectivity index (χ4v) is 2.97. The van der Waals surface area contributed by atoms with Gasteiger partial charge < -0.3 is 22.6 Å². The summed E-state index contributed by atoms with van der Waals surface area (Å²) >= 11 is 0. The predicted molar refractivity (Wildman–Crippen MR) is 102 cm³/mol. The Hall–Kier alpha value is -2.99. The summed E-state index contributed by atoms with van der Waals surface area (Å²) in [5.41, 5.74) is 0.648. The molecule has 6 nitrogen and oxygen atoms in total. The maximum atomic E-state index is 12.1. The first kappa shape index (κ1) is 21.3. The number of benzene rings is 2. The lowest BCUT2D eigenvalue weighted by atomic mass is 9.98. The Morgan fingerprint density at radius 3 is 2.36 bits per heavy atom. The third kappa shape index (κ3) is 4.64. The van der Waals surface area contributed by atoms with E-state index in [1.54, 1.807) is 41.2 Å². The number of carbonyl (C=O) groups excluding carboxylic acids is 1. The maximum Gasteiger partial charge on any atom is 0.329 e. The van der Waals surface area contributed by atoms with E-state index in [2.05, 4.69) is 10.2 Å². The molecule has 2 aromatic carbocycles. The Morgan fingerprint density at radius 1 is 1.00 bits per heavy atom. The fourth-order valence-electron chi connectivity index (χ4n) is 2.97. The number of fused-ring (bicyclic) bond motifs is 1. The summed E-state index contributed by atoms with van der Waals surface area (Å²) in [7, 11) is 0. The number of hydrogen-bond acceptors (Lipinski definition) is 4. The molecule has 3 aromatic rings. The minimum absolute atomic E-state index is 0. The van der Waals surface area contributed by atoms with Crippen LogP contribution in [-0.4, -0.2) is 16.1 Å². The summed E-state index contributed by atoms with van der Waals surface area (Å²) in [6.45, 7) is 2.10. The molecule has 1 amide bonds. The second kappa shape index (κ2) is 9.80. The SMILES string of the molecule is CCCCc1c(O)c(N=NC(=O)C[n+]2ccccc2)c2ccccc2c1O.[Cl-]. The lowest BCUT2D eigenvalue weighted by Crippen LogP contribution is -3.00. The zero-order chi connectivity index (χ0) is 19.2. The predicted octanol–water partition coefficient (Wildman–Crippen LogP) is 1.20. The lowest BCUT2D eigenvalue weighted by Gasteiger charge is -2.13. The Labute approximate surface area is 169 Å². The van der Waals surface area contributed by atoms with Crippen LogP contribution in [0.1, 0.15) is 25.3 Å². The van der Waals surface area contributed by atoms with Crippen molar-refractivity contribution in [3.63, 3.8) is 0 Å². The van der Waals surface area contributed by atoms with Gasteiger partial charge in [-0.25, -0.2) is 0 Å². The fraction of sp³-hybridized carbons (Fsp3) is 0.238. The Balaban J connectivity index is 0.00000280. The number of carbonyl (C=O) groups is 1. The van der Waals surface area contributed by atoms with Crippen molar-refractivity contribution in [1.29, 1.82) is 0 Å². The molecule has 0 fully saturated rings. The average molecular weight is 400 g/mol. The first-order valence-corrected chi connectivity index (χ1v) is 8.96. The van der Waals surface area contributed by atoms with E-state index in [0.29, 0.717) is 22.8 Å². The van der Waals surface area contributed by atoms with Crippen LogP contribution in [0, 0.1) is 0 Å². The van der Waals surface area contributed by atoms with Gasteiger partial charge in [-0.05, 0) is 12.8 Å². The molecule has 0 saturated carbocycles. The van der Waals surface area contributed by atoms with Crippen LogP contribution in [0.5, 0.6) is 11.5 Å². The molecule has 0 bridgehead atoms. The van der Waals surface area contributed by atoms with Crippen molar-refractivity contribution in [3.05, 3.63) is 60.4 Å². The molecule has 28 heavy (non-hydrogen) atoms. The van der Waals surface area contributed by atoms with Crippen LogP contribution >= 0.6 is 0 Å². The number of unbranched alkanes of at least 4 members (excludes halogenated alkanes) is 1. The summed E-state index contributed by atoms with van der Waals surface area (Å²) < 4.78 is 1.70. The molecule has 0 aliphatic carbocycles. The number of aromatic hydroxyl groups is 2. The van der Waals surface area contributed by atoms with Gasteiger partial charge in [0.15, 0.2) is 18.1 Å². The number of amides is 1. The second-order valence-corrected chi connectivity index (χ2v) is 6.32. The molecule has 7 heteroatoms. The third-order valence-electron chi connectivity index (χ3n) is 4.37. The van der Waals surface area contributed by atoms with Crippen LogP contribution in [0.25, 0.3) is 10.8 Å². The number of phenols is 2. The molecule has 3 rings (SSSR count). The number of halogens is 1. The van der Waals surface area contributed by atoms with E-state index in [1.807, 2.05) is 25.1 Å². The highest BCUT2D eigenvalue weighted by atomic mass is 35.5. The van der Waals surface area contributed by atoms with Crippen LogP contribution < -0.4 is 17.0 Å². The summed E-state index contributed by atoms with van der Waals surface area (Å²) in [6.07, 6.45) is 5.80. The van der Waals surface area contributed by atoms with Crippen molar-refractivity contribution in [2.75, 3.05) is 0 Å². The number of aromatic nitrogens is 1. The van der Waals surface area contributed by atoms with Gasteiger partial charge >= 0.3 is 5.91 Å². The molecular formula is C21H22ClN3O3. The number of phenolic OH excluding ortho intramolecular Hbond substituents is 2. The Bertz CT molecular complexity index is 991. The summed E-state index contributed by atoms with van der Waals surface area (Å²) in [6, 6.07) is 12.6. The molecule has 0 spiro atoms. The highest BCUT2D eigenvalue weighted by Crippen LogP contribution is 2.45. The topological polar surface area (TPSA) is 86.1 Å². The summed E-state index contributed by atoms with van der Waals surface area (Å²) in [5, 5.41) is 30.2. The van der Waals surface area contributed by atoms with Crippen LogP contribution in [-0.2, 0) is 17.8 Å². The molecule has 0 aliphatic heterocycles. The van der Waals surface area contributed by atoms with Gasteiger partial charge in [0.1, 0.15) is 11.4 Å². The number of nitrogens with zero attached hydrogens (tertiary/aromatic N) is 3. The molecule has 0 atom stereocenters. The average Bonchev–Trinajstić information content (AvgIpc) is 2.68. The van der Waals surface area contributed by atoms with Crippen molar-refractivity contribution in [2.24, 2.45) is 10.2 Å². The van der Waals surface area contributed by atoms with E-state index in [1.165, 1.54) is 0 Å². The van der Waals surface area contributed by atoms with Gasteiger partial charge in [0.2, 0.25) is 6.54 Å². The molecule has 2 N–H and O–H groups in total. The van der Waals surface area contributed by atoms with Crippen LogP contribution in [0.3, 0.4) is 0 Å². The first-order valence-electron chi connectivity index (χ1n) is 8.96. The molecule has 0 radical (unpaired) electrons. The van der Waals surface area contributed by atoms with Gasteiger partial charge in [-0.3, -0.25) is 4.79 Å². The van der Waals surface area contributed by atoms with Crippen molar-refractivity contribution < 1.29 is 32.0 Å². The highest BCUT2D eigenvalue weighted by molar-refractivity contribution is 6.00. The molecule has 1 aromatic heterocycles. The van der Waals surface area contributed by atoms with E-state index in [0.717, 1.165) is 12.8 Å². The second-order valence-electron chi connectivity index (χ2n) is 6.32. The van der Waals surface area contributed by atoms with E-state index in [-0.39, 0.29) is 36.1 Å². The largest absolute Gasteiger partial charge is 1.00 e. The number of rotatable bonds is 6. The van der Waals surface area contributed by atoms with Crippen LogP contribution in [0.2, 0.25) is 0 Å². The Morgan fingerprint density at radius 2 is 1.68 bits per heavy atom. The first-order chi connectivity index (χ1) is 13.1.